The van der Waals surface area contributed by atoms with Crippen LogP contribution in [-0.2, 0) is 16.9 Å². The van der Waals surface area contributed by atoms with Crippen molar-refractivity contribution in [3.8, 4) is 0 Å². The minimum absolute atomic E-state index is 0.104. The Morgan fingerprint density at radius 2 is 1.68 bits per heavy atom. The third-order valence-corrected chi connectivity index (χ3v) is 5.84. The number of halogens is 1. The number of Topliss-reactive ketones (excluding diaryl/α,β-unsaturated/α-hetero) is 1. The van der Waals surface area contributed by atoms with Crippen LogP contribution in [0.15, 0.2) is 60.7 Å². The van der Waals surface area contributed by atoms with Gasteiger partial charge in [0.1, 0.15) is 5.82 Å². The largest absolute Gasteiger partial charge is 0.375 e. The molecule has 5 heteroatoms. The van der Waals surface area contributed by atoms with Crippen molar-refractivity contribution in [1.82, 2.24) is 0 Å². The van der Waals surface area contributed by atoms with Gasteiger partial charge in [0.05, 0.1) is 18.7 Å². The van der Waals surface area contributed by atoms with Crippen molar-refractivity contribution in [1.29, 1.82) is 0 Å². The van der Waals surface area contributed by atoms with Crippen molar-refractivity contribution in [2.75, 3.05) is 4.90 Å². The summed E-state index contributed by atoms with van der Waals surface area (Å²) in [6, 6.07) is 16.7. The van der Waals surface area contributed by atoms with Crippen molar-refractivity contribution in [3.63, 3.8) is 0 Å². The van der Waals surface area contributed by atoms with Crippen LogP contribution in [0.2, 0.25) is 0 Å². The molecule has 1 heterocycles. The van der Waals surface area contributed by atoms with E-state index in [1.165, 1.54) is 17.0 Å². The Kier molecular flexibility index (Phi) is 5.23. The lowest BCUT2D eigenvalue weighted by Gasteiger charge is -2.23. The van der Waals surface area contributed by atoms with E-state index in [0.717, 1.165) is 16.7 Å². The summed E-state index contributed by atoms with van der Waals surface area (Å²) in [6.45, 7) is 5.78. The number of anilines is 1. The van der Waals surface area contributed by atoms with Crippen LogP contribution in [0.25, 0.3) is 0 Å². The van der Waals surface area contributed by atoms with Gasteiger partial charge in [-0.05, 0) is 55.7 Å². The fourth-order valence-corrected chi connectivity index (χ4v) is 4.59. The van der Waals surface area contributed by atoms with Crippen molar-refractivity contribution in [2.24, 2.45) is 0 Å². The van der Waals surface area contributed by atoms with Gasteiger partial charge in [-0.1, -0.05) is 48.0 Å². The number of aliphatic hydroxyl groups is 1. The first-order valence-electron chi connectivity index (χ1n) is 10.2. The van der Waals surface area contributed by atoms with E-state index < -0.39 is 17.3 Å². The molecule has 0 radical (unpaired) electrons. The van der Waals surface area contributed by atoms with E-state index in [0.29, 0.717) is 22.4 Å². The molecule has 4 nitrogen and oxygen atoms in total. The van der Waals surface area contributed by atoms with E-state index in [9.17, 15) is 19.1 Å². The minimum Gasteiger partial charge on any atom is -0.375 e. The van der Waals surface area contributed by atoms with Gasteiger partial charge in [-0.15, -0.1) is 0 Å². The average Bonchev–Trinajstić information content (AvgIpc) is 2.89. The zero-order valence-electron chi connectivity index (χ0n) is 17.8. The fourth-order valence-electron chi connectivity index (χ4n) is 4.59. The van der Waals surface area contributed by atoms with E-state index in [1.54, 1.807) is 36.4 Å². The number of amides is 1. The molecule has 0 aromatic heterocycles. The van der Waals surface area contributed by atoms with Gasteiger partial charge in [0, 0.05) is 11.1 Å². The number of fused-ring (bicyclic) bond motifs is 1. The van der Waals surface area contributed by atoms with Crippen molar-refractivity contribution in [2.45, 2.75) is 39.3 Å². The van der Waals surface area contributed by atoms with Crippen LogP contribution >= 0.6 is 0 Å². The highest BCUT2D eigenvalue weighted by Crippen LogP contribution is 2.43. The molecular formula is C26H24FNO3. The van der Waals surface area contributed by atoms with Gasteiger partial charge in [0.15, 0.2) is 11.4 Å². The molecule has 1 atom stereocenters. The van der Waals surface area contributed by atoms with Crippen LogP contribution < -0.4 is 4.90 Å². The zero-order chi connectivity index (χ0) is 22.3. The van der Waals surface area contributed by atoms with E-state index in [1.807, 2.05) is 32.9 Å². The Morgan fingerprint density at radius 3 is 2.35 bits per heavy atom. The SMILES string of the molecule is Cc1cc(C)c(C(=O)C[C@@]2(O)C(=O)N(Cc3cccc(F)c3)c3ccccc32)c(C)c1. The topological polar surface area (TPSA) is 57.6 Å². The van der Waals surface area contributed by atoms with Gasteiger partial charge in [-0.3, -0.25) is 9.59 Å². The molecular weight excluding hydrogens is 393 g/mol. The maximum absolute atomic E-state index is 13.7. The lowest BCUT2D eigenvalue weighted by atomic mass is 9.85. The molecule has 0 unspecified atom stereocenters. The summed E-state index contributed by atoms with van der Waals surface area (Å²) in [5, 5.41) is 11.5. The average molecular weight is 417 g/mol. The van der Waals surface area contributed by atoms with Crippen molar-refractivity contribution >= 4 is 17.4 Å². The van der Waals surface area contributed by atoms with Gasteiger partial charge in [-0.25, -0.2) is 4.39 Å². The molecule has 0 bridgehead atoms. The molecule has 0 aliphatic carbocycles. The lowest BCUT2D eigenvalue weighted by molar-refractivity contribution is -0.136. The monoisotopic (exact) mass is 417 g/mol. The Labute approximate surface area is 181 Å². The van der Waals surface area contributed by atoms with Crippen LogP contribution in [-0.4, -0.2) is 16.8 Å². The van der Waals surface area contributed by atoms with Gasteiger partial charge >= 0.3 is 0 Å². The van der Waals surface area contributed by atoms with Gasteiger partial charge < -0.3 is 10.0 Å². The number of nitrogens with zero attached hydrogens (tertiary/aromatic N) is 1. The van der Waals surface area contributed by atoms with E-state index in [4.69, 9.17) is 0 Å². The molecule has 3 aromatic rings. The molecule has 0 fully saturated rings. The third kappa shape index (κ3) is 3.66. The molecule has 0 saturated heterocycles. The molecule has 31 heavy (non-hydrogen) atoms. The molecule has 3 aromatic carbocycles. The molecule has 1 aliphatic rings. The molecule has 1 amide bonds. The molecule has 4 rings (SSSR count). The summed E-state index contributed by atoms with van der Waals surface area (Å²) >= 11 is 0. The summed E-state index contributed by atoms with van der Waals surface area (Å²) < 4.78 is 13.7. The fraction of sp³-hybridized carbons (Fsp3) is 0.231. The van der Waals surface area contributed by atoms with Crippen molar-refractivity contribution in [3.05, 3.63) is 99.9 Å². The number of para-hydroxylation sites is 1. The second-order valence-electron chi connectivity index (χ2n) is 8.27. The predicted octanol–water partition coefficient (Wildman–Crippen LogP) is 4.76. The van der Waals surface area contributed by atoms with E-state index in [-0.39, 0.29) is 18.7 Å². The van der Waals surface area contributed by atoms with Crippen LogP contribution in [0.1, 0.15) is 44.6 Å². The lowest BCUT2D eigenvalue weighted by Crippen LogP contribution is -2.41. The molecule has 0 saturated carbocycles. The van der Waals surface area contributed by atoms with Crippen molar-refractivity contribution < 1.29 is 19.1 Å². The van der Waals surface area contributed by atoms with Crippen LogP contribution in [0.3, 0.4) is 0 Å². The summed E-state index contributed by atoms with van der Waals surface area (Å²) in [5.41, 5.74) is 2.79. The third-order valence-electron chi connectivity index (χ3n) is 5.84. The second kappa shape index (κ2) is 7.75. The number of hydrogen-bond acceptors (Lipinski definition) is 3. The maximum Gasteiger partial charge on any atom is 0.264 e. The number of carbonyl (C=O) groups is 2. The molecule has 158 valence electrons. The number of benzene rings is 3. The standard InChI is InChI=1S/C26H24FNO3/c1-16-11-17(2)24(18(3)12-16)23(29)14-26(31)21-9-4-5-10-22(21)28(25(26)30)15-19-7-6-8-20(27)13-19/h4-13,31H,14-15H2,1-3H3/t26-/m0/s1. The van der Waals surface area contributed by atoms with Crippen LogP contribution in [0.5, 0.6) is 0 Å². The number of hydrogen-bond donors (Lipinski definition) is 1. The first-order chi connectivity index (χ1) is 14.7. The first-order valence-corrected chi connectivity index (χ1v) is 10.2. The second-order valence-corrected chi connectivity index (χ2v) is 8.27. The normalized spacial score (nSPS) is 17.7. The van der Waals surface area contributed by atoms with E-state index in [2.05, 4.69) is 0 Å². The Bertz CT molecular complexity index is 1180. The predicted molar refractivity (Wildman–Crippen MR) is 118 cm³/mol. The van der Waals surface area contributed by atoms with Crippen LogP contribution in [0, 0.1) is 26.6 Å². The van der Waals surface area contributed by atoms with E-state index >= 15 is 0 Å². The smallest absolute Gasteiger partial charge is 0.264 e. The molecule has 1 aliphatic heterocycles. The van der Waals surface area contributed by atoms with Crippen LogP contribution in [0.4, 0.5) is 10.1 Å². The maximum atomic E-state index is 13.7. The summed E-state index contributed by atoms with van der Waals surface area (Å²) in [5.74, 6) is -1.25. The number of rotatable bonds is 5. The number of ketones is 1. The van der Waals surface area contributed by atoms with Gasteiger partial charge in [0.25, 0.3) is 5.91 Å². The highest BCUT2D eigenvalue weighted by atomic mass is 19.1. The number of carbonyl (C=O) groups excluding carboxylic acids is 2. The minimum atomic E-state index is -1.97. The highest BCUT2D eigenvalue weighted by molar-refractivity contribution is 6.11. The number of aryl methyl sites for hydroxylation is 3. The summed E-state index contributed by atoms with van der Waals surface area (Å²) in [7, 11) is 0. The first kappa shape index (κ1) is 20.9. The van der Waals surface area contributed by atoms with Gasteiger partial charge in [0.2, 0.25) is 0 Å². The summed E-state index contributed by atoms with van der Waals surface area (Å²) in [6.07, 6.45) is -0.354. The Hall–Kier alpha value is -3.31. The Morgan fingerprint density at radius 1 is 1.00 bits per heavy atom. The van der Waals surface area contributed by atoms with Gasteiger partial charge in [-0.2, -0.15) is 0 Å². The zero-order valence-corrected chi connectivity index (χ0v) is 17.8. The quantitative estimate of drug-likeness (QED) is 0.609. The molecule has 1 N–H and O–H groups in total. The Balaban J connectivity index is 1.71. The highest BCUT2D eigenvalue weighted by Gasteiger charge is 2.50. The molecule has 0 spiro atoms. The summed E-state index contributed by atoms with van der Waals surface area (Å²) in [4.78, 5) is 28.1.